The quantitative estimate of drug-likeness (QED) is 0.176. The number of aliphatic hydroxyl groups is 1. The highest BCUT2D eigenvalue weighted by atomic mass is 16.3. The number of fused-ring (bicyclic) bond motifs is 6. The first kappa shape index (κ1) is 37.8. The van der Waals surface area contributed by atoms with Crippen molar-refractivity contribution >= 4 is 11.5 Å². The van der Waals surface area contributed by atoms with Crippen LogP contribution in [0, 0.1) is 68.0 Å². The number of hydrogen-bond donors (Lipinski definition) is 5. The van der Waals surface area contributed by atoms with Gasteiger partial charge in [0.15, 0.2) is 5.78 Å². The maximum atomic E-state index is 15.9. The summed E-state index contributed by atoms with van der Waals surface area (Å²) in [5.41, 5.74) is 14.7. The van der Waals surface area contributed by atoms with Crippen LogP contribution in [0.4, 0.5) is 5.69 Å². The van der Waals surface area contributed by atoms with Gasteiger partial charge in [-0.15, -0.1) is 0 Å². The number of carbonyl (C=O) groups excluding carboxylic acids is 1. The fraction of sp³-hybridized carbons (Fsp3) is 0.814. The Labute approximate surface area is 303 Å². The molecule has 0 radical (unpaired) electrons. The van der Waals surface area contributed by atoms with E-state index in [1.54, 1.807) is 0 Å². The number of nitrogens with zero attached hydrogens (tertiary/aromatic N) is 1. The molecule has 7 heteroatoms. The van der Waals surface area contributed by atoms with Gasteiger partial charge < -0.3 is 21.9 Å². The van der Waals surface area contributed by atoms with Gasteiger partial charge in [0.2, 0.25) is 0 Å². The van der Waals surface area contributed by atoms with Crippen molar-refractivity contribution in [3.8, 4) is 6.07 Å². The van der Waals surface area contributed by atoms with Crippen LogP contribution in [-0.2, 0) is 4.79 Å². The van der Waals surface area contributed by atoms with Crippen LogP contribution in [0.2, 0.25) is 0 Å². The molecule has 7 N–H and O–H groups in total. The predicted octanol–water partition coefficient (Wildman–Crippen LogP) is 7.74. The minimum absolute atomic E-state index is 0.00679. The lowest BCUT2D eigenvalue weighted by molar-refractivity contribution is -0.147. The zero-order valence-corrected chi connectivity index (χ0v) is 32.8. The van der Waals surface area contributed by atoms with Crippen molar-refractivity contribution < 1.29 is 9.90 Å². The van der Waals surface area contributed by atoms with E-state index in [2.05, 4.69) is 96.4 Å². The molecule has 1 aromatic rings. The van der Waals surface area contributed by atoms with Crippen LogP contribution >= 0.6 is 0 Å². The number of nitrogens with one attached hydrogen (secondary N) is 2. The van der Waals surface area contributed by atoms with E-state index < -0.39 is 28.1 Å². The first-order chi connectivity index (χ1) is 23.2. The maximum Gasteiger partial charge on any atom is 0.159 e. The van der Waals surface area contributed by atoms with Crippen molar-refractivity contribution in [3.63, 3.8) is 0 Å². The number of para-hydroxylation sites is 1. The number of anilines is 1. The fourth-order valence-electron chi connectivity index (χ4n) is 13.6. The lowest BCUT2D eigenvalue weighted by Crippen LogP contribution is -2.79. The number of hydrogen-bond acceptors (Lipinski definition) is 7. The molecule has 4 saturated carbocycles. The van der Waals surface area contributed by atoms with E-state index in [-0.39, 0.29) is 39.8 Å². The number of nitrogens with two attached hydrogens (primary N) is 2. The Morgan fingerprint density at radius 3 is 2.46 bits per heavy atom. The molecule has 0 aromatic heterocycles. The molecule has 50 heavy (non-hydrogen) atoms. The maximum absolute atomic E-state index is 15.9. The SMILES string of the molecule is C[C@H](C#N)CCC1(C)C(C(C)(C)C)CCC2(C)C1C(=O)C1(N)[C@@]2(C)CC[C@@H](C)C2CC[C@](C)(C(O)NCCC3CNc4ccccc43)C[C@]21N. The summed E-state index contributed by atoms with van der Waals surface area (Å²) in [7, 11) is 0. The lowest BCUT2D eigenvalue weighted by Gasteiger charge is -2.62. The summed E-state index contributed by atoms with van der Waals surface area (Å²) in [5, 5.41) is 28.8. The van der Waals surface area contributed by atoms with Gasteiger partial charge in [-0.2, -0.15) is 5.26 Å². The van der Waals surface area contributed by atoms with Gasteiger partial charge in [-0.25, -0.2) is 0 Å². The number of Topliss-reactive ketones (excluding diaryl/α,β-unsaturated/α-hetero) is 1. The summed E-state index contributed by atoms with van der Waals surface area (Å²) >= 11 is 0. The standard InChI is InChI=1S/C43H69N5O2/c1-27(24-44)14-20-39(7)33(37(3,4)5)17-21-40(8)34(39)35(49)43(46)41(40,9)22-15-28(2)31-16-19-38(6,26-42(31,43)45)36(50)47-23-18-29-25-48-32-13-11-10-12-30(29)32/h10-13,27-29,31,33-34,36,47-48,50H,14-23,25-26,45-46H2,1-9H3/t27-,28+,29?,31?,33?,34?,36?,38-,39?,40?,41-,42-,43?/m0/s1. The van der Waals surface area contributed by atoms with E-state index in [4.69, 9.17) is 11.5 Å². The third kappa shape index (κ3) is 5.27. The fourth-order valence-corrected chi connectivity index (χ4v) is 13.6. The molecule has 5 aliphatic rings. The number of ketones is 1. The molecule has 0 amide bonds. The van der Waals surface area contributed by atoms with Crippen molar-refractivity contribution in [1.29, 1.82) is 5.26 Å². The van der Waals surface area contributed by atoms with Crippen molar-refractivity contribution in [2.24, 2.45) is 68.1 Å². The Hall–Kier alpha value is -1.98. The molecular formula is C43H69N5O2. The van der Waals surface area contributed by atoms with Crippen molar-refractivity contribution in [2.75, 3.05) is 18.4 Å². The second kappa shape index (κ2) is 12.6. The molecule has 278 valence electrons. The number of nitriles is 1. The molecule has 0 saturated heterocycles. The van der Waals surface area contributed by atoms with E-state index >= 15 is 4.79 Å². The summed E-state index contributed by atoms with van der Waals surface area (Å²) < 4.78 is 0. The monoisotopic (exact) mass is 688 g/mol. The van der Waals surface area contributed by atoms with Gasteiger partial charge in [0.1, 0.15) is 6.23 Å². The molecule has 0 bridgehead atoms. The molecule has 8 unspecified atom stereocenters. The van der Waals surface area contributed by atoms with E-state index in [9.17, 15) is 10.4 Å². The number of rotatable bonds is 8. The molecule has 7 nitrogen and oxygen atoms in total. The molecular weight excluding hydrogens is 619 g/mol. The van der Waals surface area contributed by atoms with Crippen molar-refractivity contribution in [2.45, 2.75) is 150 Å². The van der Waals surface area contributed by atoms with Crippen LogP contribution < -0.4 is 22.1 Å². The molecule has 1 aromatic carbocycles. The zero-order chi connectivity index (χ0) is 36.7. The summed E-state index contributed by atoms with van der Waals surface area (Å²) in [6.07, 6.45) is 7.91. The number of carbonyl (C=O) groups is 1. The minimum Gasteiger partial charge on any atom is -0.384 e. The largest absolute Gasteiger partial charge is 0.384 e. The van der Waals surface area contributed by atoms with Gasteiger partial charge in [0, 0.05) is 46.4 Å². The smallest absolute Gasteiger partial charge is 0.159 e. The van der Waals surface area contributed by atoms with Gasteiger partial charge in [0.25, 0.3) is 0 Å². The van der Waals surface area contributed by atoms with Crippen molar-refractivity contribution in [1.82, 2.24) is 5.32 Å². The van der Waals surface area contributed by atoms with Gasteiger partial charge in [0.05, 0.1) is 11.6 Å². The summed E-state index contributed by atoms with van der Waals surface area (Å²) in [4.78, 5) is 15.9. The van der Waals surface area contributed by atoms with E-state index in [1.165, 1.54) is 11.3 Å². The van der Waals surface area contributed by atoms with E-state index in [1.807, 2.05) is 6.92 Å². The second-order valence-corrected chi connectivity index (χ2v) is 20.2. The third-order valence-corrected chi connectivity index (χ3v) is 16.5. The summed E-state index contributed by atoms with van der Waals surface area (Å²) in [6, 6.07) is 11.0. The van der Waals surface area contributed by atoms with Gasteiger partial charge in [-0.1, -0.05) is 73.6 Å². The van der Waals surface area contributed by atoms with Crippen LogP contribution in [-0.4, -0.2) is 41.3 Å². The molecule has 1 heterocycles. The zero-order valence-electron chi connectivity index (χ0n) is 32.8. The van der Waals surface area contributed by atoms with Crippen molar-refractivity contribution in [3.05, 3.63) is 29.8 Å². The Bertz CT molecular complexity index is 1500. The molecule has 4 aliphatic carbocycles. The van der Waals surface area contributed by atoms with Crippen LogP contribution in [0.15, 0.2) is 24.3 Å². The number of benzene rings is 1. The number of aliphatic hydroxyl groups excluding tert-OH is 1. The lowest BCUT2D eigenvalue weighted by atomic mass is 9.43. The highest BCUT2D eigenvalue weighted by molar-refractivity contribution is 5.98. The van der Waals surface area contributed by atoms with Crippen LogP contribution in [0.1, 0.15) is 138 Å². The Morgan fingerprint density at radius 2 is 1.78 bits per heavy atom. The molecule has 1 aliphatic heterocycles. The van der Waals surface area contributed by atoms with Crippen LogP contribution in [0.3, 0.4) is 0 Å². The van der Waals surface area contributed by atoms with E-state index in [0.717, 1.165) is 64.3 Å². The van der Waals surface area contributed by atoms with Gasteiger partial charge in [-0.05, 0) is 123 Å². The molecule has 6 rings (SSSR count). The Kier molecular flexibility index (Phi) is 9.49. The molecule has 0 spiro atoms. The topological polar surface area (TPSA) is 137 Å². The molecule has 4 fully saturated rings. The highest BCUT2D eigenvalue weighted by Crippen LogP contribution is 2.76. The van der Waals surface area contributed by atoms with Crippen LogP contribution in [0.25, 0.3) is 0 Å². The predicted molar refractivity (Wildman–Crippen MR) is 203 cm³/mol. The summed E-state index contributed by atoms with van der Waals surface area (Å²) in [5.74, 6) is 1.05. The summed E-state index contributed by atoms with van der Waals surface area (Å²) in [6.45, 7) is 22.2. The third-order valence-electron chi connectivity index (χ3n) is 16.5. The van der Waals surface area contributed by atoms with Gasteiger partial charge in [-0.3, -0.25) is 10.1 Å². The average Bonchev–Trinajstić information content (AvgIpc) is 3.50. The first-order valence-corrected chi connectivity index (χ1v) is 20.0. The van der Waals surface area contributed by atoms with Crippen LogP contribution in [0.5, 0.6) is 0 Å². The second-order valence-electron chi connectivity index (χ2n) is 20.2. The Morgan fingerprint density at radius 1 is 1.08 bits per heavy atom. The minimum atomic E-state index is -1.23. The van der Waals surface area contributed by atoms with Gasteiger partial charge >= 0.3 is 0 Å². The molecule has 13 atom stereocenters. The highest BCUT2D eigenvalue weighted by Gasteiger charge is 2.81. The Balaban J connectivity index is 1.34. The average molecular weight is 688 g/mol. The normalized spacial score (nSPS) is 45.3. The van der Waals surface area contributed by atoms with E-state index in [0.29, 0.717) is 30.7 Å². The first-order valence-electron chi connectivity index (χ1n) is 20.0.